The van der Waals surface area contributed by atoms with Gasteiger partial charge >= 0.3 is 0 Å². The summed E-state index contributed by atoms with van der Waals surface area (Å²) in [6.07, 6.45) is 0. The van der Waals surface area contributed by atoms with Crippen molar-refractivity contribution in [3.63, 3.8) is 0 Å². The second-order valence-electron chi connectivity index (χ2n) is 0.902. The molecule has 0 amide bonds. The van der Waals surface area contributed by atoms with Crippen LogP contribution in [0, 0.1) is 0 Å². The van der Waals surface area contributed by atoms with E-state index in [0.717, 1.165) is 4.21 Å². The van der Waals surface area contributed by atoms with Crippen LogP contribution in [0.2, 0.25) is 0 Å². The van der Waals surface area contributed by atoms with Crippen molar-refractivity contribution in [2.45, 2.75) is 9.24 Å². The van der Waals surface area contributed by atoms with E-state index >= 15 is 0 Å². The normalized spacial score (nSPS) is 8.25. The molecule has 2 nitrogen and oxygen atoms in total. The van der Waals surface area contributed by atoms with Gasteiger partial charge in [0.15, 0.2) is 0 Å². The molecule has 0 unspecified atom stereocenters. The fourth-order valence-electron chi connectivity index (χ4n) is 0.181. The summed E-state index contributed by atoms with van der Waals surface area (Å²) in [7, 11) is 0. The van der Waals surface area contributed by atoms with Crippen molar-refractivity contribution in [2.24, 2.45) is 0 Å². The number of thiol groups is 2. The van der Waals surface area contributed by atoms with Crippen LogP contribution in [0.4, 0.5) is 0 Å². The van der Waals surface area contributed by atoms with Gasteiger partial charge in [0, 0.05) is 19.5 Å². The third kappa shape index (κ3) is 2.01. The quantitative estimate of drug-likeness (QED) is 0.501. The summed E-state index contributed by atoms with van der Waals surface area (Å²) in [5.74, 6) is 0. The number of hydrogen-bond donors (Lipinski definition) is 2. The van der Waals surface area contributed by atoms with Gasteiger partial charge in [-0.25, -0.2) is 0 Å². The fraction of sp³-hybridized carbons (Fsp3) is 0. The minimum Gasteiger partial charge on any atom is -0.131 e. The van der Waals surface area contributed by atoms with Gasteiger partial charge in [0.2, 0.25) is 0 Å². The van der Waals surface area contributed by atoms with Gasteiger partial charge in [0.25, 0.3) is 0 Å². The predicted molar refractivity (Wildman–Crippen MR) is 34.4 cm³/mol. The maximum Gasteiger partial charge on any atom is 0.142 e. The first-order valence-corrected chi connectivity index (χ1v) is 3.18. The largest absolute Gasteiger partial charge is 0.142 e. The molecule has 0 N–H and O–H groups in total. The summed E-state index contributed by atoms with van der Waals surface area (Å²) in [5.41, 5.74) is 0. The maximum absolute atomic E-state index is 3.97. The molecule has 0 aliphatic heterocycles. The molecule has 1 aromatic rings. The van der Waals surface area contributed by atoms with E-state index in [0.29, 0.717) is 5.03 Å². The number of hydrogen-bond acceptors (Lipinski definition) is 5. The van der Waals surface area contributed by atoms with E-state index in [1.54, 1.807) is 0 Å². The van der Waals surface area contributed by atoms with Crippen molar-refractivity contribution in [1.29, 1.82) is 0 Å². The Balaban J connectivity index is 0.000000490. The Kier molecular flexibility index (Phi) is 4.25. The van der Waals surface area contributed by atoms with Crippen LogP contribution < -0.4 is 0 Å². The van der Waals surface area contributed by atoms with Crippen LogP contribution in [0.25, 0.3) is 0 Å². The SMILES string of the molecule is Sc1nnsc1S.[Zn]. The fourth-order valence-corrected chi connectivity index (χ4v) is 0.886. The molecule has 0 fully saturated rings. The van der Waals surface area contributed by atoms with Crippen LogP contribution >= 0.6 is 36.8 Å². The van der Waals surface area contributed by atoms with Crippen molar-refractivity contribution in [1.82, 2.24) is 9.59 Å². The standard InChI is InChI=1S/C2H2N2S3.Zn/c5-1-2(6)7-4-3-1;/h5-6H;. The van der Waals surface area contributed by atoms with E-state index in [1.165, 1.54) is 11.5 Å². The first-order chi connectivity index (χ1) is 3.30. The minimum absolute atomic E-state index is 0. The van der Waals surface area contributed by atoms with E-state index in [-0.39, 0.29) is 19.5 Å². The van der Waals surface area contributed by atoms with Crippen LogP contribution in [0.1, 0.15) is 0 Å². The molecule has 0 atom stereocenters. The molecule has 0 aliphatic carbocycles. The minimum atomic E-state index is 0. The van der Waals surface area contributed by atoms with Gasteiger partial charge in [-0.2, -0.15) is 0 Å². The number of nitrogens with zero attached hydrogens (tertiary/aromatic N) is 2. The molecule has 0 saturated carbocycles. The molecule has 8 heavy (non-hydrogen) atoms. The molecule has 0 radical (unpaired) electrons. The average Bonchev–Trinajstić information content (AvgIpc) is 1.91. The Labute approximate surface area is 74.8 Å². The Morgan fingerprint density at radius 3 is 2.12 bits per heavy atom. The summed E-state index contributed by atoms with van der Waals surface area (Å²) in [6.45, 7) is 0. The van der Waals surface area contributed by atoms with Crippen molar-refractivity contribution in [3.8, 4) is 0 Å². The Morgan fingerprint density at radius 2 is 2.00 bits per heavy atom. The monoisotopic (exact) mass is 214 g/mol. The number of aromatic nitrogens is 2. The molecule has 1 heterocycles. The number of rotatable bonds is 0. The van der Waals surface area contributed by atoms with E-state index in [2.05, 4.69) is 34.8 Å². The van der Waals surface area contributed by atoms with Crippen molar-refractivity contribution >= 4 is 36.8 Å². The topological polar surface area (TPSA) is 25.8 Å². The van der Waals surface area contributed by atoms with Gasteiger partial charge in [0.05, 0.1) is 0 Å². The third-order valence-electron chi connectivity index (χ3n) is 0.454. The molecule has 0 aromatic carbocycles. The van der Waals surface area contributed by atoms with Gasteiger partial charge in [-0.05, 0) is 11.5 Å². The average molecular weight is 216 g/mol. The van der Waals surface area contributed by atoms with Crippen molar-refractivity contribution in [2.75, 3.05) is 0 Å². The summed E-state index contributed by atoms with van der Waals surface area (Å²) in [4.78, 5) is 0. The summed E-state index contributed by atoms with van der Waals surface area (Å²) >= 11 is 9.11. The molecule has 6 heteroatoms. The summed E-state index contributed by atoms with van der Waals surface area (Å²) < 4.78 is 4.33. The van der Waals surface area contributed by atoms with Crippen LogP contribution in [-0.4, -0.2) is 9.59 Å². The first kappa shape index (κ1) is 8.88. The zero-order chi connectivity index (χ0) is 5.28. The van der Waals surface area contributed by atoms with Gasteiger partial charge in [-0.1, -0.05) is 4.49 Å². The molecule has 40 valence electrons. The molecule has 0 saturated heterocycles. The van der Waals surface area contributed by atoms with E-state index < -0.39 is 0 Å². The van der Waals surface area contributed by atoms with Gasteiger partial charge < -0.3 is 0 Å². The molecular weight excluding hydrogens is 214 g/mol. The Hall–Kier alpha value is 0.883. The zero-order valence-corrected chi connectivity index (χ0v) is 9.48. The molecule has 0 aliphatic rings. The van der Waals surface area contributed by atoms with Crippen LogP contribution in [0.5, 0.6) is 0 Å². The van der Waals surface area contributed by atoms with Crippen LogP contribution in [-0.2, 0) is 19.5 Å². The molecule has 0 spiro atoms. The summed E-state index contributed by atoms with van der Waals surface area (Å²) in [5, 5.41) is 4.18. The second-order valence-corrected chi connectivity index (χ2v) is 2.83. The van der Waals surface area contributed by atoms with Crippen molar-refractivity contribution in [3.05, 3.63) is 0 Å². The first-order valence-electron chi connectivity index (χ1n) is 1.51. The maximum atomic E-state index is 3.97. The summed E-state index contributed by atoms with van der Waals surface area (Å²) in [6, 6.07) is 0. The van der Waals surface area contributed by atoms with E-state index in [4.69, 9.17) is 0 Å². The van der Waals surface area contributed by atoms with Gasteiger partial charge in [-0.15, -0.1) is 30.4 Å². The Morgan fingerprint density at radius 1 is 1.38 bits per heavy atom. The van der Waals surface area contributed by atoms with Crippen molar-refractivity contribution < 1.29 is 19.5 Å². The predicted octanol–water partition coefficient (Wildman–Crippen LogP) is 1.11. The molecule has 0 bridgehead atoms. The molecule has 1 aromatic heterocycles. The van der Waals surface area contributed by atoms with E-state index in [1.807, 2.05) is 0 Å². The smallest absolute Gasteiger partial charge is 0.131 e. The molecular formula is C2H2N2S3Zn. The van der Waals surface area contributed by atoms with Crippen LogP contribution in [0.3, 0.4) is 0 Å². The third-order valence-corrected chi connectivity index (χ3v) is 2.08. The second kappa shape index (κ2) is 3.82. The Bertz CT molecular complexity index is 148. The molecule has 1 rings (SSSR count). The van der Waals surface area contributed by atoms with Gasteiger partial charge in [0.1, 0.15) is 9.24 Å². The van der Waals surface area contributed by atoms with E-state index in [9.17, 15) is 0 Å². The van der Waals surface area contributed by atoms with Gasteiger partial charge in [-0.3, -0.25) is 0 Å². The van der Waals surface area contributed by atoms with Crippen LogP contribution in [0.15, 0.2) is 9.24 Å². The zero-order valence-electron chi connectivity index (χ0n) is 3.90.